The summed E-state index contributed by atoms with van der Waals surface area (Å²) in [6.07, 6.45) is 1.51. The largest absolute Gasteiger partial charge is 0.308 e. The number of ketones is 1. The highest BCUT2D eigenvalue weighted by Gasteiger charge is 2.20. The average molecular weight is 326 g/mol. The van der Waals surface area contributed by atoms with E-state index < -0.39 is 0 Å². The van der Waals surface area contributed by atoms with E-state index in [1.807, 2.05) is 25.9 Å². The van der Waals surface area contributed by atoms with Gasteiger partial charge in [0.15, 0.2) is 0 Å². The Morgan fingerprint density at radius 1 is 1.33 bits per heavy atom. The maximum absolute atomic E-state index is 12.7. The smallest absolute Gasteiger partial charge is 0.212 e. The molecule has 1 aromatic carbocycles. The molecule has 0 atom stereocenters. The van der Waals surface area contributed by atoms with Gasteiger partial charge in [0.2, 0.25) is 5.78 Å². The van der Waals surface area contributed by atoms with Crippen molar-refractivity contribution in [3.8, 4) is 0 Å². The fourth-order valence-corrected chi connectivity index (χ4v) is 2.52. The first-order valence-electron chi connectivity index (χ1n) is 6.57. The average Bonchev–Trinajstić information content (AvgIpc) is 2.77. The molecule has 1 aromatic heterocycles. The first-order valence-corrected chi connectivity index (χ1v) is 7.32. The number of likely N-dealkylation sites (N-methyl/N-ethyl adjacent to an activating group) is 1. The number of hydrogen-bond donors (Lipinski definition) is 0. The van der Waals surface area contributed by atoms with Gasteiger partial charge in [0.25, 0.3) is 0 Å². The zero-order chi connectivity index (χ0) is 15.6. The molecule has 0 saturated heterocycles. The summed E-state index contributed by atoms with van der Waals surface area (Å²) in [5, 5.41) is 5.17. The van der Waals surface area contributed by atoms with Gasteiger partial charge in [-0.15, -0.1) is 0 Å². The van der Waals surface area contributed by atoms with Crippen molar-refractivity contribution in [2.45, 2.75) is 13.5 Å². The number of aryl methyl sites for hydroxylation is 1. The number of rotatable bonds is 5. The Bertz CT molecular complexity index is 665. The van der Waals surface area contributed by atoms with Crippen LogP contribution in [0.15, 0.2) is 24.4 Å². The number of nitrogens with zero attached hydrogens (tertiary/aromatic N) is 3. The van der Waals surface area contributed by atoms with E-state index in [1.165, 1.54) is 6.20 Å². The second kappa shape index (κ2) is 6.60. The monoisotopic (exact) mass is 325 g/mol. The highest BCUT2D eigenvalue weighted by Crippen LogP contribution is 2.23. The van der Waals surface area contributed by atoms with Crippen LogP contribution in [0.1, 0.15) is 21.6 Å². The Labute approximate surface area is 134 Å². The Kier molecular flexibility index (Phi) is 5.04. The lowest BCUT2D eigenvalue weighted by Gasteiger charge is -2.12. The molecule has 0 amide bonds. The molecular weight excluding hydrogens is 309 g/mol. The van der Waals surface area contributed by atoms with Crippen LogP contribution in [0.5, 0.6) is 0 Å². The summed E-state index contributed by atoms with van der Waals surface area (Å²) >= 11 is 12.1. The molecule has 112 valence electrons. The zero-order valence-electron chi connectivity index (χ0n) is 12.2. The Morgan fingerprint density at radius 2 is 2.05 bits per heavy atom. The van der Waals surface area contributed by atoms with Crippen LogP contribution in [-0.2, 0) is 6.54 Å². The van der Waals surface area contributed by atoms with Crippen LogP contribution >= 0.6 is 23.2 Å². The topological polar surface area (TPSA) is 38.1 Å². The van der Waals surface area contributed by atoms with Crippen molar-refractivity contribution in [1.82, 2.24) is 14.7 Å². The number of carbonyl (C=O) groups excluding carboxylic acids is 1. The normalized spacial score (nSPS) is 11.1. The van der Waals surface area contributed by atoms with E-state index in [2.05, 4.69) is 5.10 Å². The van der Waals surface area contributed by atoms with Gasteiger partial charge in [0, 0.05) is 17.1 Å². The number of aromatic nitrogens is 2. The predicted octanol–water partition coefficient (Wildman–Crippen LogP) is 3.29. The van der Waals surface area contributed by atoms with Crippen LogP contribution in [0.3, 0.4) is 0 Å². The fraction of sp³-hybridized carbons (Fsp3) is 0.333. The number of halogens is 2. The van der Waals surface area contributed by atoms with Gasteiger partial charge >= 0.3 is 0 Å². The van der Waals surface area contributed by atoms with Crippen LogP contribution in [0.25, 0.3) is 0 Å². The quantitative estimate of drug-likeness (QED) is 0.792. The molecular formula is C15H17Cl2N3O. The molecule has 0 radical (unpaired) electrons. The molecule has 0 spiro atoms. The third-order valence-electron chi connectivity index (χ3n) is 3.20. The van der Waals surface area contributed by atoms with Gasteiger partial charge in [-0.1, -0.05) is 23.2 Å². The van der Waals surface area contributed by atoms with Crippen molar-refractivity contribution in [3.05, 3.63) is 51.3 Å². The summed E-state index contributed by atoms with van der Waals surface area (Å²) in [6.45, 7) is 3.23. The SMILES string of the molecule is Cc1cc(Cl)ccc1C(=O)c1c(Cl)cnn1CCN(C)C. The van der Waals surface area contributed by atoms with Gasteiger partial charge in [-0.2, -0.15) is 5.10 Å². The second-order valence-electron chi connectivity index (χ2n) is 5.16. The molecule has 21 heavy (non-hydrogen) atoms. The molecule has 0 bridgehead atoms. The van der Waals surface area contributed by atoms with E-state index in [0.717, 1.165) is 12.1 Å². The molecule has 6 heteroatoms. The third kappa shape index (κ3) is 3.64. The van der Waals surface area contributed by atoms with Crippen molar-refractivity contribution in [2.75, 3.05) is 20.6 Å². The van der Waals surface area contributed by atoms with E-state index in [-0.39, 0.29) is 5.78 Å². The van der Waals surface area contributed by atoms with Crippen molar-refractivity contribution < 1.29 is 4.79 Å². The van der Waals surface area contributed by atoms with Gasteiger partial charge in [-0.25, -0.2) is 0 Å². The Balaban J connectivity index is 2.36. The van der Waals surface area contributed by atoms with Crippen molar-refractivity contribution >= 4 is 29.0 Å². The van der Waals surface area contributed by atoms with Crippen LogP contribution in [0, 0.1) is 6.92 Å². The molecule has 4 nitrogen and oxygen atoms in total. The van der Waals surface area contributed by atoms with Crippen molar-refractivity contribution in [1.29, 1.82) is 0 Å². The fourth-order valence-electron chi connectivity index (χ4n) is 2.06. The van der Waals surface area contributed by atoms with E-state index in [1.54, 1.807) is 22.9 Å². The summed E-state index contributed by atoms with van der Waals surface area (Å²) in [6, 6.07) is 5.19. The highest BCUT2D eigenvalue weighted by atomic mass is 35.5. The molecule has 0 N–H and O–H groups in total. The Morgan fingerprint density at radius 3 is 2.67 bits per heavy atom. The molecule has 0 aliphatic carbocycles. The molecule has 0 aliphatic heterocycles. The molecule has 1 heterocycles. The Hall–Kier alpha value is -1.36. The van der Waals surface area contributed by atoms with Crippen LogP contribution < -0.4 is 0 Å². The van der Waals surface area contributed by atoms with Gasteiger partial charge in [0.05, 0.1) is 17.8 Å². The highest BCUT2D eigenvalue weighted by molar-refractivity contribution is 6.34. The first-order chi connectivity index (χ1) is 9.90. The number of hydrogen-bond acceptors (Lipinski definition) is 3. The molecule has 2 aromatic rings. The third-order valence-corrected chi connectivity index (χ3v) is 3.71. The summed E-state index contributed by atoms with van der Waals surface area (Å²) < 4.78 is 1.65. The molecule has 0 aliphatic rings. The van der Waals surface area contributed by atoms with Crippen LogP contribution in [0.4, 0.5) is 0 Å². The number of carbonyl (C=O) groups is 1. The van der Waals surface area contributed by atoms with Gasteiger partial charge in [-0.3, -0.25) is 9.48 Å². The molecule has 2 rings (SSSR count). The minimum Gasteiger partial charge on any atom is -0.308 e. The van der Waals surface area contributed by atoms with Crippen molar-refractivity contribution in [3.63, 3.8) is 0 Å². The minimum absolute atomic E-state index is 0.134. The zero-order valence-corrected chi connectivity index (χ0v) is 13.7. The molecule has 0 saturated carbocycles. The number of benzene rings is 1. The maximum atomic E-state index is 12.7. The van der Waals surface area contributed by atoms with Crippen molar-refractivity contribution in [2.24, 2.45) is 0 Å². The standard InChI is InChI=1S/C15H17Cl2N3O/c1-10-8-11(16)4-5-12(10)15(21)14-13(17)9-18-20(14)7-6-19(2)3/h4-5,8-9H,6-7H2,1-3H3. The van der Waals surface area contributed by atoms with E-state index >= 15 is 0 Å². The lowest BCUT2D eigenvalue weighted by Crippen LogP contribution is -2.22. The second-order valence-corrected chi connectivity index (χ2v) is 6.00. The van der Waals surface area contributed by atoms with E-state index in [4.69, 9.17) is 23.2 Å². The summed E-state index contributed by atoms with van der Waals surface area (Å²) in [4.78, 5) is 14.7. The van der Waals surface area contributed by atoms with Gasteiger partial charge in [-0.05, 0) is 44.8 Å². The lowest BCUT2D eigenvalue weighted by molar-refractivity contribution is 0.102. The predicted molar refractivity (Wildman–Crippen MR) is 85.4 cm³/mol. The van der Waals surface area contributed by atoms with E-state index in [9.17, 15) is 4.79 Å². The lowest BCUT2D eigenvalue weighted by atomic mass is 10.0. The van der Waals surface area contributed by atoms with Gasteiger partial charge in [0.1, 0.15) is 5.69 Å². The summed E-state index contributed by atoms with van der Waals surface area (Å²) in [5.74, 6) is -0.134. The summed E-state index contributed by atoms with van der Waals surface area (Å²) in [7, 11) is 3.94. The van der Waals surface area contributed by atoms with E-state index in [0.29, 0.717) is 27.8 Å². The molecule has 0 fully saturated rings. The molecule has 0 unspecified atom stereocenters. The minimum atomic E-state index is -0.134. The maximum Gasteiger partial charge on any atom is 0.212 e. The first kappa shape index (κ1) is 16.0. The van der Waals surface area contributed by atoms with Gasteiger partial charge < -0.3 is 4.90 Å². The summed E-state index contributed by atoms with van der Waals surface area (Å²) in [5.41, 5.74) is 1.83. The van der Waals surface area contributed by atoms with Crippen LogP contribution in [0.2, 0.25) is 10.0 Å². The van der Waals surface area contributed by atoms with Crippen LogP contribution in [-0.4, -0.2) is 41.1 Å².